The highest BCUT2D eigenvalue weighted by molar-refractivity contribution is 5.76. The molecule has 1 aliphatic rings. The van der Waals surface area contributed by atoms with Gasteiger partial charge in [-0.2, -0.15) is 0 Å². The van der Waals surface area contributed by atoms with Gasteiger partial charge in [0.15, 0.2) is 6.29 Å². The van der Waals surface area contributed by atoms with Gasteiger partial charge in [-0.25, -0.2) is 0 Å². The van der Waals surface area contributed by atoms with E-state index in [0.29, 0.717) is 19.4 Å². The number of allylic oxidation sites excluding steroid dienone is 5. The van der Waals surface area contributed by atoms with E-state index in [1.54, 1.807) is 6.08 Å². The zero-order valence-electron chi connectivity index (χ0n) is 51.3. The predicted octanol–water partition coefficient (Wildman–Crippen LogP) is 16.6. The van der Waals surface area contributed by atoms with Crippen LogP contribution >= 0.6 is 0 Å². The monoisotopic (exact) mass is 1120 g/mol. The molecule has 1 aliphatic heterocycles. The van der Waals surface area contributed by atoms with Crippen molar-refractivity contribution in [2.24, 2.45) is 0 Å². The minimum Gasteiger partial charge on any atom is -0.466 e. The number of carbonyl (C=O) groups excluding carboxylic acids is 2. The molecule has 1 heterocycles. The number of hydrogen-bond acceptors (Lipinski definition) is 10. The first kappa shape index (κ1) is 74.9. The van der Waals surface area contributed by atoms with E-state index in [1.807, 2.05) is 6.08 Å². The van der Waals surface area contributed by atoms with Gasteiger partial charge in [-0.3, -0.25) is 9.59 Å². The predicted molar refractivity (Wildman–Crippen MR) is 329 cm³/mol. The molecule has 0 aromatic carbocycles. The maximum absolute atomic E-state index is 13.0. The van der Waals surface area contributed by atoms with Crippen LogP contribution in [-0.4, -0.2) is 100 Å². The molecule has 6 N–H and O–H groups in total. The first-order chi connectivity index (χ1) is 38.7. The third kappa shape index (κ3) is 47.0. The maximum atomic E-state index is 13.0. The Balaban J connectivity index is 1.94. The molecule has 1 amide bonds. The summed E-state index contributed by atoms with van der Waals surface area (Å²) in [5.41, 5.74) is 0. The van der Waals surface area contributed by atoms with Crippen LogP contribution in [0.3, 0.4) is 0 Å². The van der Waals surface area contributed by atoms with Gasteiger partial charge in [-0.05, 0) is 70.6 Å². The fraction of sp³-hybridized carbons (Fsp3) is 0.882. The Hall–Kier alpha value is -2.12. The van der Waals surface area contributed by atoms with Crippen molar-refractivity contribution in [1.82, 2.24) is 5.32 Å². The fourth-order valence-corrected chi connectivity index (χ4v) is 10.6. The van der Waals surface area contributed by atoms with E-state index in [0.717, 1.165) is 70.6 Å². The van der Waals surface area contributed by atoms with E-state index < -0.39 is 49.5 Å². The summed E-state index contributed by atoms with van der Waals surface area (Å²) in [6.45, 7) is 4.30. The molecule has 7 unspecified atom stereocenters. The van der Waals surface area contributed by atoms with Crippen molar-refractivity contribution in [2.45, 2.75) is 365 Å². The second-order valence-electron chi connectivity index (χ2n) is 23.5. The summed E-state index contributed by atoms with van der Waals surface area (Å²) < 4.78 is 16.7. The van der Waals surface area contributed by atoms with Crippen LogP contribution in [0.2, 0.25) is 0 Å². The van der Waals surface area contributed by atoms with Gasteiger partial charge < -0.3 is 45.1 Å². The van der Waals surface area contributed by atoms with E-state index >= 15 is 0 Å². The van der Waals surface area contributed by atoms with Crippen LogP contribution in [0.5, 0.6) is 0 Å². The third-order valence-corrected chi connectivity index (χ3v) is 16.0. The van der Waals surface area contributed by atoms with Crippen molar-refractivity contribution < 1.29 is 49.3 Å². The van der Waals surface area contributed by atoms with E-state index in [1.165, 1.54) is 225 Å². The number of aliphatic hydroxyl groups is 5. The van der Waals surface area contributed by atoms with Crippen molar-refractivity contribution in [3.63, 3.8) is 0 Å². The first-order valence-electron chi connectivity index (χ1n) is 33.8. The quantitative estimate of drug-likeness (QED) is 0.0195. The van der Waals surface area contributed by atoms with Crippen LogP contribution in [0, 0.1) is 0 Å². The highest BCUT2D eigenvalue weighted by Gasteiger charge is 2.44. The molecule has 79 heavy (non-hydrogen) atoms. The van der Waals surface area contributed by atoms with Gasteiger partial charge in [0.05, 0.1) is 32.0 Å². The Bertz CT molecular complexity index is 1410. The summed E-state index contributed by atoms with van der Waals surface area (Å²) in [6, 6.07) is -0.829. The number of ether oxygens (including phenoxy) is 3. The fourth-order valence-electron chi connectivity index (χ4n) is 10.6. The van der Waals surface area contributed by atoms with Crippen LogP contribution in [0.15, 0.2) is 36.5 Å². The van der Waals surface area contributed by atoms with Gasteiger partial charge in [0.1, 0.15) is 24.4 Å². The van der Waals surface area contributed by atoms with E-state index in [-0.39, 0.29) is 18.5 Å². The van der Waals surface area contributed by atoms with Crippen LogP contribution in [-0.2, 0) is 23.8 Å². The minimum absolute atomic E-state index is 0.00548. The molecule has 7 atom stereocenters. The van der Waals surface area contributed by atoms with Crippen molar-refractivity contribution >= 4 is 11.9 Å². The molecule has 11 nitrogen and oxygen atoms in total. The maximum Gasteiger partial charge on any atom is 0.305 e. The molecule has 1 fully saturated rings. The molecule has 0 aromatic heterocycles. The van der Waals surface area contributed by atoms with Crippen molar-refractivity contribution in [3.8, 4) is 0 Å². The molecular weight excluding hydrogens is 991 g/mol. The number of rotatable bonds is 59. The molecule has 1 rings (SSSR count). The molecule has 0 aliphatic carbocycles. The highest BCUT2D eigenvalue weighted by Crippen LogP contribution is 2.23. The van der Waals surface area contributed by atoms with Crippen molar-refractivity contribution in [2.75, 3.05) is 19.8 Å². The lowest BCUT2D eigenvalue weighted by atomic mass is 9.99. The number of esters is 1. The van der Waals surface area contributed by atoms with Gasteiger partial charge in [-0.1, -0.05) is 275 Å². The van der Waals surface area contributed by atoms with Gasteiger partial charge in [-0.15, -0.1) is 0 Å². The summed E-state index contributed by atoms with van der Waals surface area (Å²) in [4.78, 5) is 25.1. The Morgan fingerprint density at radius 1 is 0.456 bits per heavy atom. The van der Waals surface area contributed by atoms with Crippen LogP contribution < -0.4 is 5.32 Å². The summed E-state index contributed by atoms with van der Waals surface area (Å²) >= 11 is 0. The van der Waals surface area contributed by atoms with Gasteiger partial charge in [0.25, 0.3) is 0 Å². The van der Waals surface area contributed by atoms with Crippen molar-refractivity contribution in [3.05, 3.63) is 36.5 Å². The molecule has 0 bridgehead atoms. The molecular formula is C68H127NO10. The van der Waals surface area contributed by atoms with Crippen LogP contribution in [0.1, 0.15) is 322 Å². The Labute approximate surface area is 485 Å². The second-order valence-corrected chi connectivity index (χ2v) is 23.5. The number of hydrogen-bond donors (Lipinski definition) is 6. The number of nitrogens with one attached hydrogen (secondary N) is 1. The molecule has 1 saturated heterocycles. The van der Waals surface area contributed by atoms with Crippen LogP contribution in [0.4, 0.5) is 0 Å². The topological polar surface area (TPSA) is 175 Å². The molecule has 0 spiro atoms. The average molecular weight is 1120 g/mol. The summed E-state index contributed by atoms with van der Waals surface area (Å²) in [5, 5.41) is 54.2. The average Bonchev–Trinajstić information content (AvgIpc) is 3.46. The number of unbranched alkanes of at least 4 members (excludes halogenated alkanes) is 41. The van der Waals surface area contributed by atoms with Gasteiger partial charge >= 0.3 is 5.97 Å². The second kappa shape index (κ2) is 57.7. The standard InChI is InChI=1S/C68H127NO10/c1-3-5-7-9-11-13-14-15-16-17-27-30-33-36-40-44-48-52-56-64(73)77-57-53-49-45-41-37-34-31-28-25-23-21-19-18-20-22-24-26-29-32-35-39-43-47-51-55-63(72)69-60(61(71)54-50-46-42-38-12-10-8-6-4-2)59-78-68-67(76)66(75)65(74)62(58-70)79-68/h12,20,22,38,50,54,60-62,65-68,70-71,74-76H,3-11,13-19,21,23-37,39-49,51-53,55-59H2,1-2H3,(H,69,72)/b22-20-,38-12+,54-50+. The lowest BCUT2D eigenvalue weighted by molar-refractivity contribution is -0.302. The molecule has 0 aromatic rings. The zero-order chi connectivity index (χ0) is 57.3. The zero-order valence-corrected chi connectivity index (χ0v) is 51.3. The van der Waals surface area contributed by atoms with Gasteiger partial charge in [0.2, 0.25) is 5.91 Å². The SMILES string of the molecule is CCCCC/C=C/CC/C=C/C(O)C(COC1OC(CO)C(O)C(O)C1O)NC(=O)CCCCCCCCCC/C=C\CCCCCCCCCCCCCCOC(=O)CCCCCCCCCCCCCCCCCCCC. The highest BCUT2D eigenvalue weighted by atomic mass is 16.7. The van der Waals surface area contributed by atoms with Crippen LogP contribution in [0.25, 0.3) is 0 Å². The molecule has 0 saturated carbocycles. The van der Waals surface area contributed by atoms with E-state index in [2.05, 4.69) is 43.5 Å². The van der Waals surface area contributed by atoms with Crippen molar-refractivity contribution in [1.29, 1.82) is 0 Å². The number of aliphatic hydroxyl groups excluding tert-OH is 5. The summed E-state index contributed by atoms with van der Waals surface area (Å²) in [7, 11) is 0. The normalized spacial score (nSPS) is 18.6. The first-order valence-corrected chi connectivity index (χ1v) is 33.8. The molecule has 11 heteroatoms. The number of amides is 1. The lowest BCUT2D eigenvalue weighted by Crippen LogP contribution is -2.60. The van der Waals surface area contributed by atoms with Gasteiger partial charge in [0, 0.05) is 12.8 Å². The lowest BCUT2D eigenvalue weighted by Gasteiger charge is -2.40. The Morgan fingerprint density at radius 3 is 1.28 bits per heavy atom. The third-order valence-electron chi connectivity index (χ3n) is 16.0. The molecule has 464 valence electrons. The summed E-state index contributed by atoms with van der Waals surface area (Å²) in [5.74, 6) is -0.193. The van der Waals surface area contributed by atoms with E-state index in [4.69, 9.17) is 14.2 Å². The summed E-state index contributed by atoms with van der Waals surface area (Å²) in [6.07, 6.45) is 62.9. The largest absolute Gasteiger partial charge is 0.466 e. The van der Waals surface area contributed by atoms with E-state index in [9.17, 15) is 35.1 Å². The molecule has 0 radical (unpaired) electrons. The minimum atomic E-state index is -1.58. The smallest absolute Gasteiger partial charge is 0.305 e. The Morgan fingerprint density at radius 2 is 0.823 bits per heavy atom. The number of carbonyl (C=O) groups is 2. The Kier molecular flexibility index (Phi) is 54.7.